The zero-order valence-electron chi connectivity index (χ0n) is 17.6. The van der Waals surface area contributed by atoms with E-state index < -0.39 is 0 Å². The van der Waals surface area contributed by atoms with Crippen LogP contribution in [0.4, 0.5) is 0 Å². The maximum Gasteiger partial charge on any atom is 0.229 e. The second kappa shape index (κ2) is 11.5. The van der Waals surface area contributed by atoms with Gasteiger partial charge in [0.2, 0.25) is 11.8 Å². The van der Waals surface area contributed by atoms with Crippen LogP contribution in [0.3, 0.4) is 0 Å². The normalized spacial score (nSPS) is 20.4. The Kier molecular flexibility index (Phi) is 9.06. The van der Waals surface area contributed by atoms with Crippen molar-refractivity contribution in [1.29, 1.82) is 0 Å². The zero-order chi connectivity index (χ0) is 21.2. The minimum absolute atomic E-state index is 0.0164. The topological polar surface area (TPSA) is 84.5 Å². The van der Waals surface area contributed by atoms with Crippen LogP contribution in [0, 0.1) is 5.92 Å². The molecule has 1 aromatic carbocycles. The molecule has 0 saturated carbocycles. The number of hydrogen-bond donors (Lipinski definition) is 2. The lowest BCUT2D eigenvalue weighted by Gasteiger charge is -2.23. The monoisotopic (exact) mass is 400 g/mol. The van der Waals surface area contributed by atoms with Crippen molar-refractivity contribution in [3.63, 3.8) is 0 Å². The van der Waals surface area contributed by atoms with Gasteiger partial charge in [-0.05, 0) is 62.9 Å². The maximum absolute atomic E-state index is 11.2. The molecule has 2 N–H and O–H groups in total. The number of ketones is 1. The van der Waals surface area contributed by atoms with Gasteiger partial charge in [-0.2, -0.15) is 0 Å². The van der Waals surface area contributed by atoms with Crippen LogP contribution < -0.4 is 15.4 Å². The van der Waals surface area contributed by atoms with E-state index in [9.17, 15) is 14.4 Å². The molecule has 1 unspecified atom stereocenters. The molecule has 6 nitrogen and oxygen atoms in total. The number of rotatable bonds is 5. The van der Waals surface area contributed by atoms with E-state index in [-0.39, 0.29) is 23.5 Å². The summed E-state index contributed by atoms with van der Waals surface area (Å²) in [6.45, 7) is 7.53. The molecule has 6 heteroatoms. The van der Waals surface area contributed by atoms with E-state index in [0.717, 1.165) is 31.0 Å². The van der Waals surface area contributed by atoms with Crippen molar-refractivity contribution in [2.75, 3.05) is 13.1 Å². The van der Waals surface area contributed by atoms with E-state index in [1.165, 1.54) is 18.4 Å². The third kappa shape index (κ3) is 7.81. The van der Waals surface area contributed by atoms with Gasteiger partial charge in [0.1, 0.15) is 11.5 Å². The quantitative estimate of drug-likeness (QED) is 0.449. The van der Waals surface area contributed by atoms with E-state index in [2.05, 4.69) is 22.8 Å². The molecule has 0 bridgehead atoms. The van der Waals surface area contributed by atoms with Crippen LogP contribution in [0.5, 0.6) is 5.75 Å². The molecule has 3 rings (SSSR count). The van der Waals surface area contributed by atoms with Crippen LogP contribution in [-0.2, 0) is 14.4 Å². The lowest BCUT2D eigenvalue weighted by atomic mass is 9.90. The number of nitrogens with one attached hydrogen (secondary N) is 2. The molecule has 0 aromatic heterocycles. The molecule has 158 valence electrons. The molecule has 2 aliphatic heterocycles. The Hall–Kier alpha value is -2.47. The third-order valence-electron chi connectivity index (χ3n) is 5.14. The Morgan fingerprint density at radius 1 is 1.21 bits per heavy atom. The fraction of sp³-hybridized carbons (Fsp3) is 0.522. The van der Waals surface area contributed by atoms with Crippen molar-refractivity contribution in [3.8, 4) is 5.75 Å². The molecule has 0 radical (unpaired) electrons. The first-order chi connectivity index (χ1) is 13.9. The summed E-state index contributed by atoms with van der Waals surface area (Å²) in [7, 11) is 0. The number of imide groups is 1. The summed E-state index contributed by atoms with van der Waals surface area (Å²) in [5.41, 5.74) is 1.34. The number of amides is 2. The minimum Gasteiger partial charge on any atom is -0.462 e. The van der Waals surface area contributed by atoms with Gasteiger partial charge in [0, 0.05) is 24.8 Å². The molecular formula is C23H32N2O4. The van der Waals surface area contributed by atoms with Crippen molar-refractivity contribution in [3.05, 3.63) is 41.7 Å². The van der Waals surface area contributed by atoms with Crippen LogP contribution in [0.2, 0.25) is 0 Å². The second-order valence-corrected chi connectivity index (χ2v) is 7.63. The SMILES string of the molecule is CC/C(=C\C(C)=O)Oc1cccc(C2CCNCC2)c1.CC1CCC(=O)NC1=O. The third-order valence-corrected chi connectivity index (χ3v) is 5.14. The van der Waals surface area contributed by atoms with Gasteiger partial charge < -0.3 is 10.1 Å². The van der Waals surface area contributed by atoms with E-state index in [0.29, 0.717) is 18.8 Å². The Labute approximate surface area is 173 Å². The predicted molar refractivity (Wildman–Crippen MR) is 113 cm³/mol. The van der Waals surface area contributed by atoms with Gasteiger partial charge in [0.15, 0.2) is 5.78 Å². The minimum atomic E-state index is -0.141. The van der Waals surface area contributed by atoms with Gasteiger partial charge in [0.05, 0.1) is 0 Å². The molecule has 0 aliphatic carbocycles. The first-order valence-corrected chi connectivity index (χ1v) is 10.4. The summed E-state index contributed by atoms with van der Waals surface area (Å²) in [4.78, 5) is 32.3. The summed E-state index contributed by atoms with van der Waals surface area (Å²) in [6.07, 6.45) is 5.83. The largest absolute Gasteiger partial charge is 0.462 e. The Morgan fingerprint density at radius 2 is 1.93 bits per heavy atom. The zero-order valence-corrected chi connectivity index (χ0v) is 17.6. The van der Waals surface area contributed by atoms with Gasteiger partial charge >= 0.3 is 0 Å². The lowest BCUT2D eigenvalue weighted by Crippen LogP contribution is -2.39. The number of ether oxygens (including phenoxy) is 1. The average molecular weight is 401 g/mol. The summed E-state index contributed by atoms with van der Waals surface area (Å²) < 4.78 is 5.83. The first-order valence-electron chi connectivity index (χ1n) is 10.4. The molecule has 1 aromatic rings. The molecule has 2 saturated heterocycles. The van der Waals surface area contributed by atoms with E-state index in [1.54, 1.807) is 13.0 Å². The molecule has 29 heavy (non-hydrogen) atoms. The fourth-order valence-corrected chi connectivity index (χ4v) is 3.37. The first kappa shape index (κ1) is 22.8. The van der Waals surface area contributed by atoms with Gasteiger partial charge in [-0.25, -0.2) is 0 Å². The highest BCUT2D eigenvalue weighted by atomic mass is 16.5. The van der Waals surface area contributed by atoms with Crippen LogP contribution in [0.15, 0.2) is 36.1 Å². The summed E-state index contributed by atoms with van der Waals surface area (Å²) in [6, 6.07) is 8.27. The standard InChI is InChI=1S/C17H23NO2.C6H9NO2/c1-3-16(11-13(2)19)20-17-6-4-5-15(12-17)14-7-9-18-10-8-14;1-4-2-3-5(8)7-6(4)9/h4-6,11-12,14,18H,3,7-10H2,1-2H3;4H,2-3H2,1H3,(H,7,8,9)/b16-11+;. The number of allylic oxidation sites excluding steroid dienone is 2. The number of carbonyl (C=O) groups is 3. The summed E-state index contributed by atoms with van der Waals surface area (Å²) in [5.74, 6) is 1.93. The van der Waals surface area contributed by atoms with Crippen molar-refractivity contribution >= 4 is 17.6 Å². The van der Waals surface area contributed by atoms with Gasteiger partial charge in [-0.3, -0.25) is 19.7 Å². The van der Waals surface area contributed by atoms with Gasteiger partial charge in [0.25, 0.3) is 0 Å². The van der Waals surface area contributed by atoms with Crippen molar-refractivity contribution in [2.24, 2.45) is 5.92 Å². The number of benzene rings is 1. The number of piperidine rings is 2. The summed E-state index contributed by atoms with van der Waals surface area (Å²) >= 11 is 0. The van der Waals surface area contributed by atoms with E-state index in [4.69, 9.17) is 4.74 Å². The van der Waals surface area contributed by atoms with Gasteiger partial charge in [-0.15, -0.1) is 0 Å². The molecule has 2 heterocycles. The predicted octanol–water partition coefficient (Wildman–Crippen LogP) is 3.47. The van der Waals surface area contributed by atoms with Crippen LogP contribution in [-0.4, -0.2) is 30.7 Å². The molecule has 2 aliphatic rings. The summed E-state index contributed by atoms with van der Waals surface area (Å²) in [5, 5.41) is 5.64. The average Bonchev–Trinajstić information content (AvgIpc) is 2.71. The Morgan fingerprint density at radius 3 is 2.52 bits per heavy atom. The molecule has 0 spiro atoms. The van der Waals surface area contributed by atoms with Gasteiger partial charge in [-0.1, -0.05) is 26.0 Å². The van der Waals surface area contributed by atoms with Crippen molar-refractivity contribution < 1.29 is 19.1 Å². The fourth-order valence-electron chi connectivity index (χ4n) is 3.37. The van der Waals surface area contributed by atoms with Crippen LogP contribution in [0.1, 0.15) is 64.4 Å². The number of hydrogen-bond acceptors (Lipinski definition) is 5. The highest BCUT2D eigenvalue weighted by Crippen LogP contribution is 2.28. The Bertz CT molecular complexity index is 751. The number of carbonyl (C=O) groups excluding carboxylic acids is 3. The highest BCUT2D eigenvalue weighted by Gasteiger charge is 2.21. The molecule has 2 fully saturated rings. The van der Waals surface area contributed by atoms with Crippen molar-refractivity contribution in [2.45, 2.75) is 58.8 Å². The molecular weight excluding hydrogens is 368 g/mol. The molecule has 2 amide bonds. The smallest absolute Gasteiger partial charge is 0.229 e. The Balaban J connectivity index is 0.000000278. The van der Waals surface area contributed by atoms with Crippen LogP contribution >= 0.6 is 0 Å². The lowest BCUT2D eigenvalue weighted by molar-refractivity contribution is -0.135. The molecule has 1 atom stereocenters. The maximum atomic E-state index is 11.2. The highest BCUT2D eigenvalue weighted by molar-refractivity contribution is 5.98. The van der Waals surface area contributed by atoms with Crippen molar-refractivity contribution in [1.82, 2.24) is 10.6 Å². The second-order valence-electron chi connectivity index (χ2n) is 7.63. The van der Waals surface area contributed by atoms with Crippen LogP contribution in [0.25, 0.3) is 0 Å². The van der Waals surface area contributed by atoms with E-state index >= 15 is 0 Å². The van der Waals surface area contributed by atoms with E-state index in [1.807, 2.05) is 26.0 Å².